The lowest BCUT2D eigenvalue weighted by atomic mass is 9.66. The second-order valence-electron chi connectivity index (χ2n) is 6.96. The van der Waals surface area contributed by atoms with E-state index in [9.17, 15) is 27.9 Å². The average Bonchev–Trinajstić information content (AvgIpc) is 2.83. The smallest absolute Gasteiger partial charge is 0.380 e. The second-order valence-corrected chi connectivity index (χ2v) is 6.96. The summed E-state index contributed by atoms with van der Waals surface area (Å²) in [5, 5.41) is 9.69. The molecule has 2 heterocycles. The van der Waals surface area contributed by atoms with Gasteiger partial charge in [-0.05, 0) is 31.6 Å². The number of hydrogen-bond acceptors (Lipinski definition) is 4. The minimum absolute atomic E-state index is 0.0249. The first-order valence-corrected chi connectivity index (χ1v) is 7.85. The van der Waals surface area contributed by atoms with Gasteiger partial charge in [0, 0.05) is 20.6 Å². The van der Waals surface area contributed by atoms with Crippen molar-refractivity contribution in [3.05, 3.63) is 27.2 Å². The minimum Gasteiger partial charge on any atom is -0.380 e. The maximum absolute atomic E-state index is 12.9. The molecule has 0 aromatic carbocycles. The number of aryl methyl sites for hydroxylation is 2. The van der Waals surface area contributed by atoms with Crippen LogP contribution in [0.25, 0.3) is 11.2 Å². The average molecular weight is 360 g/mol. The number of alkyl halides is 3. The SMILES string of the molecule is Cn1cnc2c1c(=O)n(CC1CC([C@](C)(O)C(F)(F)F)C1)c(=O)n2C. The van der Waals surface area contributed by atoms with Gasteiger partial charge in [0.05, 0.1) is 6.33 Å². The van der Waals surface area contributed by atoms with Crippen molar-refractivity contribution in [2.24, 2.45) is 25.9 Å². The molecular formula is C15H19F3N4O3. The molecule has 138 valence electrons. The van der Waals surface area contributed by atoms with Crippen molar-refractivity contribution in [1.82, 2.24) is 18.7 Å². The summed E-state index contributed by atoms with van der Waals surface area (Å²) in [6.45, 7) is 0.790. The van der Waals surface area contributed by atoms with Crippen LogP contribution >= 0.6 is 0 Å². The van der Waals surface area contributed by atoms with Gasteiger partial charge < -0.3 is 9.67 Å². The third-order valence-electron chi connectivity index (χ3n) is 5.25. The number of imidazole rings is 1. The summed E-state index contributed by atoms with van der Waals surface area (Å²) in [5.74, 6) is -1.20. The van der Waals surface area contributed by atoms with E-state index in [-0.39, 0.29) is 36.5 Å². The lowest BCUT2D eigenvalue weighted by Crippen LogP contribution is -2.54. The highest BCUT2D eigenvalue weighted by molar-refractivity contribution is 5.69. The molecule has 1 aliphatic rings. The fourth-order valence-electron chi connectivity index (χ4n) is 3.39. The predicted molar refractivity (Wildman–Crippen MR) is 83.1 cm³/mol. The summed E-state index contributed by atoms with van der Waals surface area (Å²) < 4.78 is 42.4. The molecule has 0 unspecified atom stereocenters. The van der Waals surface area contributed by atoms with E-state index in [2.05, 4.69) is 4.98 Å². The van der Waals surface area contributed by atoms with Crippen molar-refractivity contribution in [2.75, 3.05) is 0 Å². The summed E-state index contributed by atoms with van der Waals surface area (Å²) in [7, 11) is 3.12. The Labute approximate surface area is 140 Å². The van der Waals surface area contributed by atoms with Crippen molar-refractivity contribution in [1.29, 1.82) is 0 Å². The van der Waals surface area contributed by atoms with E-state index in [1.54, 1.807) is 7.05 Å². The van der Waals surface area contributed by atoms with Gasteiger partial charge in [0.15, 0.2) is 16.8 Å². The summed E-state index contributed by atoms with van der Waals surface area (Å²) in [5.41, 5.74) is -3.29. The van der Waals surface area contributed by atoms with Gasteiger partial charge in [0.2, 0.25) is 0 Å². The van der Waals surface area contributed by atoms with E-state index in [4.69, 9.17) is 0 Å². The third kappa shape index (κ3) is 2.59. The topological polar surface area (TPSA) is 82.1 Å². The number of hydrogen-bond donors (Lipinski definition) is 1. The van der Waals surface area contributed by atoms with Crippen LogP contribution in [-0.2, 0) is 20.6 Å². The quantitative estimate of drug-likeness (QED) is 0.877. The Morgan fingerprint density at radius 1 is 1.28 bits per heavy atom. The highest BCUT2D eigenvalue weighted by Gasteiger charge is 2.57. The lowest BCUT2D eigenvalue weighted by molar-refractivity contribution is -0.284. The van der Waals surface area contributed by atoms with Crippen LogP contribution in [0.15, 0.2) is 15.9 Å². The van der Waals surface area contributed by atoms with Crippen molar-refractivity contribution in [2.45, 2.75) is 38.1 Å². The highest BCUT2D eigenvalue weighted by atomic mass is 19.4. The van der Waals surface area contributed by atoms with E-state index >= 15 is 0 Å². The van der Waals surface area contributed by atoms with E-state index in [0.717, 1.165) is 11.5 Å². The molecule has 1 fully saturated rings. The Morgan fingerprint density at radius 2 is 1.88 bits per heavy atom. The second kappa shape index (κ2) is 5.45. The van der Waals surface area contributed by atoms with E-state index < -0.39 is 28.9 Å². The van der Waals surface area contributed by atoms with Crippen LogP contribution in [0.1, 0.15) is 19.8 Å². The number of halogens is 3. The van der Waals surface area contributed by atoms with E-state index in [1.165, 1.54) is 22.5 Å². The first-order valence-electron chi connectivity index (χ1n) is 7.85. The van der Waals surface area contributed by atoms with Gasteiger partial charge in [-0.15, -0.1) is 0 Å². The summed E-state index contributed by atoms with van der Waals surface area (Å²) in [4.78, 5) is 28.9. The first kappa shape index (κ1) is 17.7. The Hall–Kier alpha value is -2.10. The van der Waals surface area contributed by atoms with Gasteiger partial charge in [-0.25, -0.2) is 9.78 Å². The van der Waals surface area contributed by atoms with Gasteiger partial charge in [0.25, 0.3) is 5.56 Å². The Balaban J connectivity index is 1.86. The molecular weight excluding hydrogens is 341 g/mol. The fraction of sp³-hybridized carbons (Fsp3) is 0.667. The normalized spacial score (nSPS) is 23.5. The molecule has 2 aromatic rings. The van der Waals surface area contributed by atoms with E-state index in [1.807, 2.05) is 0 Å². The minimum atomic E-state index is -4.71. The summed E-state index contributed by atoms with van der Waals surface area (Å²) in [6.07, 6.45) is -3.07. The molecule has 0 radical (unpaired) electrons. The molecule has 0 aliphatic heterocycles. The fourth-order valence-corrected chi connectivity index (χ4v) is 3.39. The monoisotopic (exact) mass is 360 g/mol. The molecule has 25 heavy (non-hydrogen) atoms. The largest absolute Gasteiger partial charge is 0.417 e. The van der Waals surface area contributed by atoms with Crippen LogP contribution in [-0.4, -0.2) is 35.6 Å². The molecule has 0 bridgehead atoms. The maximum Gasteiger partial charge on any atom is 0.417 e. The number of aromatic nitrogens is 4. The maximum atomic E-state index is 12.9. The molecule has 2 aromatic heterocycles. The zero-order valence-electron chi connectivity index (χ0n) is 14.0. The van der Waals surface area contributed by atoms with E-state index in [0.29, 0.717) is 0 Å². The number of aliphatic hydroxyl groups is 1. The summed E-state index contributed by atoms with van der Waals surface area (Å²) in [6, 6.07) is 0. The number of nitrogens with zero attached hydrogens (tertiary/aromatic N) is 4. The van der Waals surface area contributed by atoms with Crippen molar-refractivity contribution >= 4 is 11.2 Å². The Kier molecular flexibility index (Phi) is 3.86. The molecule has 3 rings (SSSR count). The van der Waals surface area contributed by atoms with Gasteiger partial charge in [-0.2, -0.15) is 13.2 Å². The lowest BCUT2D eigenvalue weighted by Gasteiger charge is -2.44. The molecule has 1 aliphatic carbocycles. The molecule has 10 heteroatoms. The first-order chi connectivity index (χ1) is 11.4. The highest BCUT2D eigenvalue weighted by Crippen LogP contribution is 2.48. The molecule has 0 amide bonds. The van der Waals surface area contributed by atoms with Crippen molar-refractivity contribution < 1.29 is 18.3 Å². The van der Waals surface area contributed by atoms with Crippen LogP contribution in [0.3, 0.4) is 0 Å². The third-order valence-corrected chi connectivity index (χ3v) is 5.25. The molecule has 7 nitrogen and oxygen atoms in total. The zero-order chi connectivity index (χ0) is 18.7. The van der Waals surface area contributed by atoms with Crippen LogP contribution in [0.4, 0.5) is 13.2 Å². The van der Waals surface area contributed by atoms with Crippen molar-refractivity contribution in [3.8, 4) is 0 Å². The van der Waals surface area contributed by atoms with Crippen LogP contribution in [0, 0.1) is 11.8 Å². The van der Waals surface area contributed by atoms with Crippen LogP contribution in [0.2, 0.25) is 0 Å². The standard InChI is InChI=1S/C15H19F3N4O3/c1-14(25,15(16,17)18)9-4-8(5-9)6-22-12(23)10-11(19-7-20(10)2)21(3)13(22)24/h7-9,25H,4-6H2,1-3H3/t8?,9?,14-/m0/s1. The number of rotatable bonds is 3. The van der Waals surface area contributed by atoms with Gasteiger partial charge in [-0.3, -0.25) is 13.9 Å². The van der Waals surface area contributed by atoms with Crippen LogP contribution in [0.5, 0.6) is 0 Å². The molecule has 0 spiro atoms. The van der Waals surface area contributed by atoms with Crippen molar-refractivity contribution in [3.63, 3.8) is 0 Å². The molecule has 1 N–H and O–H groups in total. The number of fused-ring (bicyclic) bond motifs is 1. The van der Waals surface area contributed by atoms with Gasteiger partial charge in [-0.1, -0.05) is 0 Å². The molecule has 1 saturated carbocycles. The predicted octanol–water partition coefficient (Wildman–Crippen LogP) is 0.773. The Morgan fingerprint density at radius 3 is 2.44 bits per heavy atom. The van der Waals surface area contributed by atoms with Gasteiger partial charge in [0.1, 0.15) is 0 Å². The molecule has 0 saturated heterocycles. The molecule has 1 atom stereocenters. The van der Waals surface area contributed by atoms with Gasteiger partial charge >= 0.3 is 11.9 Å². The zero-order valence-corrected chi connectivity index (χ0v) is 14.0. The van der Waals surface area contributed by atoms with Crippen LogP contribution < -0.4 is 11.2 Å². The Bertz CT molecular complexity index is 932. The summed E-state index contributed by atoms with van der Waals surface area (Å²) >= 11 is 0.